The van der Waals surface area contributed by atoms with Gasteiger partial charge >= 0.3 is 0 Å². The summed E-state index contributed by atoms with van der Waals surface area (Å²) in [6, 6.07) is 13.6. The Kier molecular flexibility index (Phi) is 3.35. The minimum absolute atomic E-state index is 0.108. The van der Waals surface area contributed by atoms with Crippen molar-refractivity contribution in [3.05, 3.63) is 65.5 Å². The third kappa shape index (κ3) is 2.48. The molecule has 20 heavy (non-hydrogen) atoms. The van der Waals surface area contributed by atoms with Gasteiger partial charge in [-0.25, -0.2) is 0 Å². The maximum atomic E-state index is 4.13. The minimum Gasteiger partial charge on any atom is -0.304 e. The molecule has 0 radical (unpaired) electrons. The average Bonchev–Trinajstić information content (AvgIpc) is 2.76. The van der Waals surface area contributed by atoms with Gasteiger partial charge in [0.15, 0.2) is 0 Å². The highest BCUT2D eigenvalue weighted by Crippen LogP contribution is 2.43. The predicted molar refractivity (Wildman–Crippen MR) is 82.7 cm³/mol. The fourth-order valence-electron chi connectivity index (χ4n) is 3.31. The van der Waals surface area contributed by atoms with Crippen molar-refractivity contribution in [1.29, 1.82) is 0 Å². The lowest BCUT2D eigenvalue weighted by Crippen LogP contribution is -2.37. The highest BCUT2D eigenvalue weighted by Gasteiger charge is 2.40. The number of benzene rings is 1. The molecule has 3 rings (SSSR count). The van der Waals surface area contributed by atoms with Crippen LogP contribution in [0.2, 0.25) is 0 Å². The largest absolute Gasteiger partial charge is 0.304 e. The van der Waals surface area contributed by atoms with Gasteiger partial charge in [-0.15, -0.1) is 0 Å². The molecule has 1 aliphatic rings. The monoisotopic (exact) mass is 266 g/mol. The van der Waals surface area contributed by atoms with E-state index in [4.69, 9.17) is 0 Å². The number of nitrogens with one attached hydrogen (secondary N) is 1. The van der Waals surface area contributed by atoms with Crippen molar-refractivity contribution in [2.45, 2.75) is 44.7 Å². The molecule has 0 saturated carbocycles. The highest BCUT2D eigenvalue weighted by atomic mass is 15.0. The van der Waals surface area contributed by atoms with Gasteiger partial charge in [-0.05, 0) is 50.5 Å². The Hall–Kier alpha value is -1.67. The quantitative estimate of drug-likeness (QED) is 0.889. The molecule has 1 saturated heterocycles. The van der Waals surface area contributed by atoms with Crippen LogP contribution in [0.25, 0.3) is 0 Å². The van der Waals surface area contributed by atoms with Gasteiger partial charge in [0.25, 0.3) is 0 Å². The molecule has 1 aromatic heterocycles. The fourth-order valence-corrected chi connectivity index (χ4v) is 3.31. The molecule has 0 aliphatic carbocycles. The standard InChI is InChI=1S/C18H22N2/c1-13-4-6-15(7-5-13)17-12-16(18(2,3)20-17)14-8-10-19-11-9-14/h4-11,16-17,20H,12H2,1-3H3. The summed E-state index contributed by atoms with van der Waals surface area (Å²) < 4.78 is 0. The Morgan fingerprint density at radius 1 is 1.00 bits per heavy atom. The Morgan fingerprint density at radius 2 is 1.65 bits per heavy atom. The molecule has 1 N–H and O–H groups in total. The zero-order valence-electron chi connectivity index (χ0n) is 12.4. The molecule has 2 heterocycles. The third-order valence-electron chi connectivity index (χ3n) is 4.48. The SMILES string of the molecule is Cc1ccc(C2CC(c3ccncc3)C(C)(C)N2)cc1. The number of aryl methyl sites for hydroxylation is 1. The van der Waals surface area contributed by atoms with E-state index in [-0.39, 0.29) is 5.54 Å². The fraction of sp³-hybridized carbons (Fsp3) is 0.389. The van der Waals surface area contributed by atoms with Crippen LogP contribution in [-0.4, -0.2) is 10.5 Å². The topological polar surface area (TPSA) is 24.9 Å². The molecule has 0 spiro atoms. The van der Waals surface area contributed by atoms with Crippen LogP contribution in [-0.2, 0) is 0 Å². The molecule has 1 aromatic carbocycles. The molecule has 1 aliphatic heterocycles. The first-order valence-corrected chi connectivity index (χ1v) is 7.30. The van der Waals surface area contributed by atoms with Gasteiger partial charge in [0, 0.05) is 29.9 Å². The first kappa shape index (κ1) is 13.3. The second kappa shape index (κ2) is 5.02. The molecule has 1 fully saturated rings. The Bertz CT molecular complexity index is 572. The molecule has 0 bridgehead atoms. The molecule has 2 atom stereocenters. The van der Waals surface area contributed by atoms with E-state index in [2.05, 4.69) is 67.5 Å². The van der Waals surface area contributed by atoms with Gasteiger partial charge in [0.2, 0.25) is 0 Å². The van der Waals surface area contributed by atoms with Crippen molar-refractivity contribution in [2.75, 3.05) is 0 Å². The maximum Gasteiger partial charge on any atom is 0.0331 e. The summed E-state index contributed by atoms with van der Waals surface area (Å²) in [5.74, 6) is 0.525. The highest BCUT2D eigenvalue weighted by molar-refractivity contribution is 5.30. The Labute approximate surface area is 121 Å². The van der Waals surface area contributed by atoms with Crippen molar-refractivity contribution >= 4 is 0 Å². The van der Waals surface area contributed by atoms with Crippen molar-refractivity contribution in [1.82, 2.24) is 10.3 Å². The van der Waals surface area contributed by atoms with E-state index >= 15 is 0 Å². The van der Waals surface area contributed by atoms with Crippen molar-refractivity contribution < 1.29 is 0 Å². The number of nitrogens with zero attached hydrogens (tertiary/aromatic N) is 1. The molecular formula is C18H22N2. The first-order chi connectivity index (χ1) is 9.56. The lowest BCUT2D eigenvalue weighted by atomic mass is 9.83. The Balaban J connectivity index is 1.87. The van der Waals surface area contributed by atoms with E-state index in [9.17, 15) is 0 Å². The maximum absolute atomic E-state index is 4.13. The van der Waals surface area contributed by atoms with E-state index in [1.807, 2.05) is 12.4 Å². The molecule has 0 amide bonds. The average molecular weight is 266 g/mol. The lowest BCUT2D eigenvalue weighted by Gasteiger charge is -2.27. The zero-order chi connectivity index (χ0) is 14.2. The summed E-state index contributed by atoms with van der Waals surface area (Å²) in [5, 5.41) is 3.79. The first-order valence-electron chi connectivity index (χ1n) is 7.30. The van der Waals surface area contributed by atoms with Gasteiger partial charge in [-0.1, -0.05) is 29.8 Å². The summed E-state index contributed by atoms with van der Waals surface area (Å²) in [4.78, 5) is 4.13. The van der Waals surface area contributed by atoms with Gasteiger partial charge in [-0.2, -0.15) is 0 Å². The van der Waals surface area contributed by atoms with Crippen LogP contribution in [0.1, 0.15) is 48.9 Å². The van der Waals surface area contributed by atoms with E-state index < -0.39 is 0 Å². The second-order valence-electron chi connectivity index (χ2n) is 6.40. The normalized spacial score (nSPS) is 24.8. The molecule has 2 heteroatoms. The van der Waals surface area contributed by atoms with Gasteiger partial charge < -0.3 is 5.32 Å². The van der Waals surface area contributed by atoms with Gasteiger partial charge in [-0.3, -0.25) is 4.98 Å². The van der Waals surface area contributed by atoms with E-state index in [1.54, 1.807) is 0 Å². The zero-order valence-corrected chi connectivity index (χ0v) is 12.4. The van der Waals surface area contributed by atoms with E-state index in [0.717, 1.165) is 6.42 Å². The summed E-state index contributed by atoms with van der Waals surface area (Å²) in [6.07, 6.45) is 4.93. The van der Waals surface area contributed by atoms with Crippen LogP contribution < -0.4 is 5.32 Å². The van der Waals surface area contributed by atoms with Crippen LogP contribution in [0.5, 0.6) is 0 Å². The number of hydrogen-bond acceptors (Lipinski definition) is 2. The summed E-state index contributed by atoms with van der Waals surface area (Å²) >= 11 is 0. The summed E-state index contributed by atoms with van der Waals surface area (Å²) in [5.41, 5.74) is 4.20. The van der Waals surface area contributed by atoms with Crippen LogP contribution in [0.3, 0.4) is 0 Å². The van der Waals surface area contributed by atoms with Crippen LogP contribution >= 0.6 is 0 Å². The van der Waals surface area contributed by atoms with Crippen molar-refractivity contribution in [2.24, 2.45) is 0 Å². The summed E-state index contributed by atoms with van der Waals surface area (Å²) in [6.45, 7) is 6.73. The van der Waals surface area contributed by atoms with Crippen molar-refractivity contribution in [3.63, 3.8) is 0 Å². The molecule has 104 valence electrons. The predicted octanol–water partition coefficient (Wildman–Crippen LogP) is 3.99. The van der Waals surface area contributed by atoms with Crippen LogP contribution in [0.4, 0.5) is 0 Å². The van der Waals surface area contributed by atoms with E-state index in [1.165, 1.54) is 16.7 Å². The Morgan fingerprint density at radius 3 is 2.30 bits per heavy atom. The number of aromatic nitrogens is 1. The smallest absolute Gasteiger partial charge is 0.0331 e. The van der Waals surface area contributed by atoms with Crippen LogP contribution in [0.15, 0.2) is 48.8 Å². The second-order valence-corrected chi connectivity index (χ2v) is 6.40. The van der Waals surface area contributed by atoms with Crippen LogP contribution in [0, 0.1) is 6.92 Å². The number of hydrogen-bond donors (Lipinski definition) is 1. The minimum atomic E-state index is 0.108. The third-order valence-corrected chi connectivity index (χ3v) is 4.48. The summed E-state index contributed by atoms with van der Waals surface area (Å²) in [7, 11) is 0. The molecule has 2 unspecified atom stereocenters. The van der Waals surface area contributed by atoms with E-state index in [0.29, 0.717) is 12.0 Å². The van der Waals surface area contributed by atoms with Gasteiger partial charge in [0.05, 0.1) is 0 Å². The molecule has 2 nitrogen and oxygen atoms in total. The molecular weight excluding hydrogens is 244 g/mol. The van der Waals surface area contributed by atoms with Crippen molar-refractivity contribution in [3.8, 4) is 0 Å². The lowest BCUT2D eigenvalue weighted by molar-refractivity contribution is 0.397. The number of rotatable bonds is 2. The number of pyridine rings is 1. The molecule has 2 aromatic rings. The van der Waals surface area contributed by atoms with Gasteiger partial charge in [0.1, 0.15) is 0 Å².